The van der Waals surface area contributed by atoms with Crippen molar-refractivity contribution >= 4 is 11.6 Å². The van der Waals surface area contributed by atoms with Gasteiger partial charge < -0.3 is 4.42 Å². The smallest absolute Gasteiger partial charge is 0.222 e. The molecule has 1 heterocycles. The zero-order valence-corrected chi connectivity index (χ0v) is 24.7. The van der Waals surface area contributed by atoms with Crippen LogP contribution in [0, 0.1) is 56.7 Å². The number of aryl methyl sites for hydroxylation is 1. The second kappa shape index (κ2) is 8.24. The Morgan fingerprint density at radius 1 is 1.03 bits per heavy atom. The van der Waals surface area contributed by atoms with Gasteiger partial charge in [0.05, 0.1) is 11.0 Å². The predicted molar refractivity (Wildman–Crippen MR) is 147 cm³/mol. The molecular weight excluding hydrogens is 486 g/mol. The van der Waals surface area contributed by atoms with Gasteiger partial charge in [0.2, 0.25) is 11.8 Å². The number of carbonyl (C=O) groups excluding carboxylic acids is 2. The topological polar surface area (TPSA) is 96.9 Å². The lowest BCUT2D eigenvalue weighted by molar-refractivity contribution is -0.159. The van der Waals surface area contributed by atoms with Crippen molar-refractivity contribution in [3.8, 4) is 6.07 Å². The van der Waals surface area contributed by atoms with E-state index in [0.717, 1.165) is 56.4 Å². The van der Waals surface area contributed by atoms with Crippen LogP contribution in [0.25, 0.3) is 0 Å². The van der Waals surface area contributed by atoms with Gasteiger partial charge in [0.15, 0.2) is 11.6 Å². The third-order valence-electron chi connectivity index (χ3n) is 12.7. The zero-order valence-electron chi connectivity index (χ0n) is 24.7. The van der Waals surface area contributed by atoms with Crippen LogP contribution in [0.5, 0.6) is 0 Å². The van der Waals surface area contributed by atoms with Crippen molar-refractivity contribution in [2.45, 2.75) is 105 Å². The second-order valence-electron chi connectivity index (χ2n) is 14.9. The van der Waals surface area contributed by atoms with Gasteiger partial charge in [-0.1, -0.05) is 60.1 Å². The highest BCUT2D eigenvalue weighted by Gasteiger charge is 2.70. The summed E-state index contributed by atoms with van der Waals surface area (Å²) in [5, 5.41) is 18.8. The molecule has 3 saturated carbocycles. The molecule has 0 radical (unpaired) electrons. The number of nitriles is 1. The Morgan fingerprint density at radius 3 is 2.41 bits per heavy atom. The summed E-state index contributed by atoms with van der Waals surface area (Å²) in [5.41, 5.74) is 0.365. The molecule has 1 aromatic heterocycles. The van der Waals surface area contributed by atoms with Gasteiger partial charge in [0.1, 0.15) is 6.07 Å². The van der Waals surface area contributed by atoms with Crippen LogP contribution < -0.4 is 0 Å². The van der Waals surface area contributed by atoms with Crippen LogP contribution >= 0.6 is 0 Å². The van der Waals surface area contributed by atoms with E-state index in [-0.39, 0.29) is 62.5 Å². The Balaban J connectivity index is 1.52. The quantitative estimate of drug-likeness (QED) is 0.422. The molecule has 6 nitrogen and oxygen atoms in total. The summed E-state index contributed by atoms with van der Waals surface area (Å²) in [6.45, 7) is 15.6. The van der Waals surface area contributed by atoms with E-state index in [9.17, 15) is 14.9 Å². The average Bonchev–Trinajstić information content (AvgIpc) is 3.37. The Labute approximate surface area is 232 Å². The minimum Gasteiger partial charge on any atom is -0.425 e. The molecule has 5 aliphatic carbocycles. The first-order valence-electron chi connectivity index (χ1n) is 15.0. The molecule has 1 aromatic rings. The highest BCUT2D eigenvalue weighted by molar-refractivity contribution is 6.02. The largest absolute Gasteiger partial charge is 0.425 e. The van der Waals surface area contributed by atoms with Gasteiger partial charge in [-0.05, 0) is 79.1 Å². The number of allylic oxidation sites excluding steroid dienone is 4. The van der Waals surface area contributed by atoms with E-state index in [0.29, 0.717) is 12.3 Å². The summed E-state index contributed by atoms with van der Waals surface area (Å²) in [7, 11) is 0. The summed E-state index contributed by atoms with van der Waals surface area (Å²) in [5.74, 6) is 1.48. The molecule has 3 fully saturated rings. The van der Waals surface area contributed by atoms with Crippen LogP contribution in [-0.4, -0.2) is 21.8 Å². The van der Waals surface area contributed by atoms with Crippen LogP contribution in [-0.2, 0) is 21.4 Å². The van der Waals surface area contributed by atoms with Gasteiger partial charge in [0.25, 0.3) is 0 Å². The van der Waals surface area contributed by atoms with Crippen LogP contribution in [0.1, 0.15) is 105 Å². The summed E-state index contributed by atoms with van der Waals surface area (Å²) < 4.78 is 6.29. The lowest BCUT2D eigenvalue weighted by Crippen LogP contribution is -2.65. The van der Waals surface area contributed by atoms with Gasteiger partial charge >= 0.3 is 0 Å². The maximum atomic E-state index is 14.5. The van der Waals surface area contributed by atoms with Crippen molar-refractivity contribution in [3.63, 3.8) is 0 Å². The number of carbonyl (C=O) groups is 2. The minimum absolute atomic E-state index is 0.0479. The van der Waals surface area contributed by atoms with E-state index in [1.165, 1.54) is 0 Å². The molecular formula is C33H43N3O3. The van der Waals surface area contributed by atoms with Crippen molar-refractivity contribution < 1.29 is 14.0 Å². The predicted octanol–water partition coefficient (Wildman–Crippen LogP) is 6.71. The summed E-state index contributed by atoms with van der Waals surface area (Å²) in [6, 6.07) is 2.18. The SMILES string of the molecule is CCc1nnc([C@]23CCC(C)(C)C[C@H]2[C@H]2C(=O)C=C4[C@@]5(C)C=C(C#N)C(=O)[C@@H](C)[C@@H]5CC[C@@]4(C)[C@]2(C)CC3)o1. The highest BCUT2D eigenvalue weighted by Crippen LogP contribution is 2.73. The van der Waals surface area contributed by atoms with Crippen LogP contribution in [0.4, 0.5) is 0 Å². The normalized spacial score (nSPS) is 44.7. The number of hydrogen-bond acceptors (Lipinski definition) is 6. The highest BCUT2D eigenvalue weighted by atomic mass is 16.4. The van der Waals surface area contributed by atoms with Gasteiger partial charge in [0, 0.05) is 23.7 Å². The number of hydrogen-bond donors (Lipinski definition) is 0. The van der Waals surface area contributed by atoms with Gasteiger partial charge in [-0.25, -0.2) is 0 Å². The average molecular weight is 530 g/mol. The standard InChI is InChI=1S/C33H43N3O3/c1-8-25-35-36-28(39-25)33-13-11-29(3,4)17-22(33)26-23(37)15-24-30(5)16-20(18-34)27(38)19(2)21(30)9-10-31(24,6)32(26,7)12-14-33/h15-16,19,21-22,26H,8-14,17H2,1-7H3/t19-,21-,22-,26-,30-,31+,32+,33-/m0/s1. The van der Waals surface area contributed by atoms with Crippen molar-refractivity contribution in [1.82, 2.24) is 10.2 Å². The van der Waals surface area contributed by atoms with Gasteiger partial charge in [-0.2, -0.15) is 5.26 Å². The van der Waals surface area contributed by atoms with E-state index >= 15 is 0 Å². The van der Waals surface area contributed by atoms with Gasteiger partial charge in [-0.15, -0.1) is 10.2 Å². The first kappa shape index (κ1) is 26.7. The van der Waals surface area contributed by atoms with E-state index in [2.05, 4.69) is 50.9 Å². The lowest BCUT2D eigenvalue weighted by atomic mass is 9.35. The maximum Gasteiger partial charge on any atom is 0.222 e. The molecule has 0 aromatic carbocycles. The monoisotopic (exact) mass is 529 g/mol. The molecule has 0 amide bonds. The number of nitrogens with zero attached hydrogens (tertiary/aromatic N) is 3. The van der Waals surface area contributed by atoms with Crippen molar-refractivity contribution in [2.24, 2.45) is 45.3 Å². The van der Waals surface area contributed by atoms with Crippen LogP contribution in [0.15, 0.2) is 27.7 Å². The molecule has 0 spiro atoms. The fraction of sp³-hybridized carbons (Fsp3) is 0.727. The fourth-order valence-electron chi connectivity index (χ4n) is 10.2. The number of ketones is 2. The molecule has 6 heteroatoms. The van der Waals surface area contributed by atoms with E-state index < -0.39 is 5.41 Å². The Morgan fingerprint density at radius 2 is 1.74 bits per heavy atom. The molecule has 0 bridgehead atoms. The van der Waals surface area contributed by atoms with Crippen molar-refractivity contribution in [3.05, 3.63) is 35.1 Å². The molecule has 6 rings (SSSR count). The summed E-state index contributed by atoms with van der Waals surface area (Å²) in [6.07, 6.45) is 11.3. The molecule has 0 aliphatic heterocycles. The molecule has 0 unspecified atom stereocenters. The number of rotatable bonds is 2. The van der Waals surface area contributed by atoms with Crippen LogP contribution in [0.2, 0.25) is 0 Å². The third kappa shape index (κ3) is 3.31. The molecule has 208 valence electrons. The van der Waals surface area contributed by atoms with Crippen molar-refractivity contribution in [1.29, 1.82) is 5.26 Å². The minimum atomic E-state index is -0.474. The van der Waals surface area contributed by atoms with Crippen LogP contribution in [0.3, 0.4) is 0 Å². The molecule has 8 atom stereocenters. The Kier molecular flexibility index (Phi) is 5.63. The number of fused-ring (bicyclic) bond motifs is 7. The summed E-state index contributed by atoms with van der Waals surface area (Å²) in [4.78, 5) is 27.5. The zero-order chi connectivity index (χ0) is 28.2. The van der Waals surface area contributed by atoms with E-state index in [1.807, 2.05) is 26.0 Å². The van der Waals surface area contributed by atoms with E-state index in [1.54, 1.807) is 0 Å². The van der Waals surface area contributed by atoms with Crippen molar-refractivity contribution in [2.75, 3.05) is 0 Å². The fourth-order valence-corrected chi connectivity index (χ4v) is 10.2. The first-order chi connectivity index (χ1) is 18.3. The summed E-state index contributed by atoms with van der Waals surface area (Å²) >= 11 is 0. The third-order valence-corrected chi connectivity index (χ3v) is 12.7. The van der Waals surface area contributed by atoms with E-state index in [4.69, 9.17) is 4.42 Å². The second-order valence-corrected chi connectivity index (χ2v) is 14.9. The molecule has 39 heavy (non-hydrogen) atoms. The lowest BCUT2D eigenvalue weighted by Gasteiger charge is -2.68. The number of Topliss-reactive ketones (excluding diaryl/α,β-unsaturated/α-hetero) is 1. The Bertz CT molecular complexity index is 1360. The van der Waals surface area contributed by atoms with Gasteiger partial charge in [-0.3, -0.25) is 9.59 Å². The molecule has 0 saturated heterocycles. The molecule has 5 aliphatic rings. The first-order valence-corrected chi connectivity index (χ1v) is 15.0. The Hall–Kier alpha value is -2.55. The maximum absolute atomic E-state index is 14.5. The molecule has 0 N–H and O–H groups in total. The number of aromatic nitrogens is 2.